The summed E-state index contributed by atoms with van der Waals surface area (Å²) in [5, 5.41) is 11.9. The Balaban J connectivity index is 1.97. The lowest BCUT2D eigenvalue weighted by molar-refractivity contribution is 0.0931. The Kier molecular flexibility index (Phi) is 4.99. The number of oxazole rings is 1. The number of nitriles is 1. The Bertz CT molecular complexity index is 1000. The normalized spacial score (nSPS) is 10.7. The Morgan fingerprint density at radius 3 is 2.69 bits per heavy atom. The Morgan fingerprint density at radius 2 is 2.04 bits per heavy atom. The molecule has 0 unspecified atom stereocenters. The summed E-state index contributed by atoms with van der Waals surface area (Å²) in [6.07, 6.45) is 2.00. The van der Waals surface area contributed by atoms with Crippen LogP contribution in [0.4, 0.5) is 4.39 Å². The van der Waals surface area contributed by atoms with Crippen LogP contribution in [0.25, 0.3) is 11.1 Å². The predicted molar refractivity (Wildman–Crippen MR) is 95.3 cm³/mol. The molecule has 132 valence electrons. The molecule has 2 aromatic carbocycles. The molecule has 0 aliphatic rings. The van der Waals surface area contributed by atoms with E-state index >= 15 is 0 Å². The van der Waals surface area contributed by atoms with Crippen LogP contribution in [0.5, 0.6) is 0 Å². The number of aryl methyl sites for hydroxylation is 1. The van der Waals surface area contributed by atoms with Crippen molar-refractivity contribution in [2.24, 2.45) is 0 Å². The van der Waals surface area contributed by atoms with E-state index in [2.05, 4.69) is 16.4 Å². The summed E-state index contributed by atoms with van der Waals surface area (Å²) < 4.78 is 20.3. The van der Waals surface area contributed by atoms with Gasteiger partial charge in [-0.1, -0.05) is 30.3 Å². The van der Waals surface area contributed by atoms with Crippen molar-refractivity contribution in [2.45, 2.75) is 26.2 Å². The van der Waals surface area contributed by atoms with E-state index in [0.717, 1.165) is 12.8 Å². The molecule has 1 N–H and O–H groups in total. The Labute approximate surface area is 150 Å². The van der Waals surface area contributed by atoms with E-state index in [4.69, 9.17) is 4.42 Å². The van der Waals surface area contributed by atoms with Gasteiger partial charge in [-0.2, -0.15) is 5.26 Å². The number of aromatic nitrogens is 1. The maximum Gasteiger partial charge on any atom is 0.306 e. The molecule has 1 amide bonds. The Morgan fingerprint density at radius 1 is 1.31 bits per heavy atom. The number of nitrogens with zero attached hydrogens (tertiary/aromatic N) is 2. The van der Waals surface area contributed by atoms with Gasteiger partial charge in [-0.15, -0.1) is 0 Å². The van der Waals surface area contributed by atoms with Gasteiger partial charge < -0.3 is 9.73 Å². The standard InChI is InChI=1S/C20H18FN3O2/c1-12-14(10-6-9-13-7-4-3-5-8-13)16(21)18-17(15(12)11-22)24-20(26-18)19(25)23-2/h3-5,7-8H,6,9-10H2,1-2H3,(H,23,25). The molecule has 1 heterocycles. The maximum absolute atomic E-state index is 15.0. The quantitative estimate of drug-likeness (QED) is 0.760. The van der Waals surface area contributed by atoms with Crippen LogP contribution >= 0.6 is 0 Å². The van der Waals surface area contributed by atoms with Crippen molar-refractivity contribution >= 4 is 17.0 Å². The molecular weight excluding hydrogens is 333 g/mol. The zero-order valence-corrected chi connectivity index (χ0v) is 14.6. The SMILES string of the molecule is CNC(=O)c1nc2c(C#N)c(C)c(CCCc3ccccc3)c(F)c2o1. The molecule has 0 radical (unpaired) electrons. The van der Waals surface area contributed by atoms with Gasteiger partial charge in [0.05, 0.1) is 5.56 Å². The molecule has 0 fully saturated rings. The first-order valence-electron chi connectivity index (χ1n) is 8.34. The largest absolute Gasteiger partial charge is 0.429 e. The molecule has 3 rings (SSSR count). The fourth-order valence-electron chi connectivity index (χ4n) is 3.02. The monoisotopic (exact) mass is 351 g/mol. The van der Waals surface area contributed by atoms with Crippen LogP contribution in [-0.2, 0) is 12.8 Å². The number of carbonyl (C=O) groups excluding carboxylic acids is 1. The second kappa shape index (κ2) is 7.36. The van der Waals surface area contributed by atoms with Gasteiger partial charge in [-0.05, 0) is 42.9 Å². The molecule has 0 spiro atoms. The molecule has 26 heavy (non-hydrogen) atoms. The molecule has 0 aliphatic carbocycles. The highest BCUT2D eigenvalue weighted by molar-refractivity contribution is 5.93. The average molecular weight is 351 g/mol. The fraction of sp³-hybridized carbons (Fsp3) is 0.250. The molecular formula is C20H18FN3O2. The molecule has 0 atom stereocenters. The first kappa shape index (κ1) is 17.6. The molecule has 0 aliphatic heterocycles. The van der Waals surface area contributed by atoms with E-state index in [1.807, 2.05) is 30.3 Å². The molecule has 1 aromatic heterocycles. The molecule has 5 nitrogen and oxygen atoms in total. The fourth-order valence-corrected chi connectivity index (χ4v) is 3.02. The number of hydrogen-bond acceptors (Lipinski definition) is 4. The minimum Gasteiger partial charge on any atom is -0.429 e. The first-order chi connectivity index (χ1) is 12.6. The van der Waals surface area contributed by atoms with Crippen molar-refractivity contribution < 1.29 is 13.6 Å². The maximum atomic E-state index is 15.0. The summed E-state index contributed by atoms with van der Waals surface area (Å²) in [5.41, 5.74) is 2.35. The zero-order valence-electron chi connectivity index (χ0n) is 14.6. The van der Waals surface area contributed by atoms with Crippen molar-refractivity contribution in [3.63, 3.8) is 0 Å². The van der Waals surface area contributed by atoms with Gasteiger partial charge in [0.15, 0.2) is 11.4 Å². The smallest absolute Gasteiger partial charge is 0.306 e. The van der Waals surface area contributed by atoms with Crippen LogP contribution < -0.4 is 5.32 Å². The second-order valence-electron chi connectivity index (χ2n) is 6.02. The van der Waals surface area contributed by atoms with Crippen molar-refractivity contribution in [1.29, 1.82) is 5.26 Å². The van der Waals surface area contributed by atoms with Crippen molar-refractivity contribution in [1.82, 2.24) is 10.3 Å². The third-order valence-corrected chi connectivity index (χ3v) is 4.42. The lowest BCUT2D eigenvalue weighted by atomic mass is 9.95. The van der Waals surface area contributed by atoms with Crippen molar-refractivity contribution in [3.05, 3.63) is 64.3 Å². The van der Waals surface area contributed by atoms with Gasteiger partial charge in [0, 0.05) is 7.05 Å². The average Bonchev–Trinajstić information content (AvgIpc) is 3.10. The van der Waals surface area contributed by atoms with E-state index < -0.39 is 11.7 Å². The summed E-state index contributed by atoms with van der Waals surface area (Å²) in [6, 6.07) is 12.0. The van der Waals surface area contributed by atoms with Gasteiger partial charge in [-0.3, -0.25) is 4.79 Å². The van der Waals surface area contributed by atoms with Crippen molar-refractivity contribution in [2.75, 3.05) is 7.05 Å². The molecule has 6 heteroatoms. The summed E-state index contributed by atoms with van der Waals surface area (Å²) in [4.78, 5) is 15.7. The van der Waals surface area contributed by atoms with Gasteiger partial charge in [0.25, 0.3) is 5.89 Å². The zero-order chi connectivity index (χ0) is 18.7. The first-order valence-corrected chi connectivity index (χ1v) is 8.34. The highest BCUT2D eigenvalue weighted by atomic mass is 19.1. The summed E-state index contributed by atoms with van der Waals surface area (Å²) in [7, 11) is 1.43. The van der Waals surface area contributed by atoms with Crippen LogP contribution in [-0.4, -0.2) is 17.9 Å². The highest BCUT2D eigenvalue weighted by Gasteiger charge is 2.24. The van der Waals surface area contributed by atoms with Crippen LogP contribution in [0.15, 0.2) is 34.7 Å². The number of nitrogens with one attached hydrogen (secondary N) is 1. The number of benzene rings is 2. The predicted octanol–water partition coefficient (Wildman–Crippen LogP) is 3.68. The van der Waals surface area contributed by atoms with E-state index in [-0.39, 0.29) is 22.6 Å². The van der Waals surface area contributed by atoms with E-state index in [9.17, 15) is 14.4 Å². The van der Waals surface area contributed by atoms with Gasteiger partial charge in [0.1, 0.15) is 11.6 Å². The lowest BCUT2D eigenvalue weighted by Gasteiger charge is -2.09. The number of halogens is 1. The molecule has 0 saturated heterocycles. The van der Waals surface area contributed by atoms with Gasteiger partial charge in [-0.25, -0.2) is 9.37 Å². The summed E-state index contributed by atoms with van der Waals surface area (Å²) >= 11 is 0. The minimum absolute atomic E-state index is 0.0907. The van der Waals surface area contributed by atoms with E-state index in [1.54, 1.807) is 6.92 Å². The summed E-state index contributed by atoms with van der Waals surface area (Å²) in [6.45, 7) is 1.70. The lowest BCUT2D eigenvalue weighted by Crippen LogP contribution is -2.17. The van der Waals surface area contributed by atoms with Gasteiger partial charge in [0.2, 0.25) is 0 Å². The van der Waals surface area contributed by atoms with Crippen LogP contribution in [0.2, 0.25) is 0 Å². The van der Waals surface area contributed by atoms with Crippen LogP contribution in [0, 0.1) is 24.1 Å². The number of rotatable bonds is 5. The van der Waals surface area contributed by atoms with E-state index in [1.165, 1.54) is 12.6 Å². The number of amides is 1. The second-order valence-corrected chi connectivity index (χ2v) is 6.02. The number of fused-ring (bicyclic) bond motifs is 1. The van der Waals surface area contributed by atoms with Gasteiger partial charge >= 0.3 is 5.91 Å². The molecule has 3 aromatic rings. The minimum atomic E-state index is -0.562. The van der Waals surface area contributed by atoms with Crippen molar-refractivity contribution in [3.8, 4) is 6.07 Å². The third-order valence-electron chi connectivity index (χ3n) is 4.42. The molecule has 0 bridgehead atoms. The Hall–Kier alpha value is -3.20. The highest BCUT2D eigenvalue weighted by Crippen LogP contribution is 2.30. The van der Waals surface area contributed by atoms with Crippen LogP contribution in [0.3, 0.4) is 0 Å². The summed E-state index contributed by atoms with van der Waals surface area (Å²) in [5.74, 6) is -1.36. The molecule has 0 saturated carbocycles. The number of carbonyl (C=O) groups is 1. The van der Waals surface area contributed by atoms with Crippen LogP contribution in [0.1, 0.15) is 39.4 Å². The number of hydrogen-bond donors (Lipinski definition) is 1. The third kappa shape index (κ3) is 3.16. The topological polar surface area (TPSA) is 78.9 Å². The van der Waals surface area contributed by atoms with E-state index in [0.29, 0.717) is 17.5 Å².